The van der Waals surface area contributed by atoms with Crippen molar-refractivity contribution in [2.45, 2.75) is 24.7 Å². The van der Waals surface area contributed by atoms with E-state index < -0.39 is 10.0 Å². The first kappa shape index (κ1) is 21.4. The number of primary sulfonamides is 1. The molecule has 170 valence electrons. The van der Waals surface area contributed by atoms with Crippen molar-refractivity contribution in [2.24, 2.45) is 11.1 Å². The smallest absolute Gasteiger partial charge is 0.238 e. The number of carbonyl (C=O) groups is 1. The third-order valence-electron chi connectivity index (χ3n) is 6.02. The maximum Gasteiger partial charge on any atom is 0.238 e. The Morgan fingerprint density at radius 3 is 2.48 bits per heavy atom. The molecule has 2 aromatic carbocycles. The third kappa shape index (κ3) is 4.14. The zero-order chi connectivity index (χ0) is 23.2. The molecular weight excluding hydrogens is 440 g/mol. The predicted octanol–water partition coefficient (Wildman–Crippen LogP) is 2.69. The Morgan fingerprint density at radius 2 is 1.79 bits per heavy atom. The highest BCUT2D eigenvalue weighted by Crippen LogP contribution is 2.30. The zero-order valence-corrected chi connectivity index (χ0v) is 18.9. The lowest BCUT2D eigenvalue weighted by Gasteiger charge is -2.32. The molecule has 2 aromatic heterocycles. The number of fused-ring (bicyclic) bond motifs is 3. The van der Waals surface area contributed by atoms with Gasteiger partial charge < -0.3 is 10.2 Å². The minimum atomic E-state index is -3.76. The summed E-state index contributed by atoms with van der Waals surface area (Å²) in [6, 6.07) is 15.9. The van der Waals surface area contributed by atoms with E-state index in [4.69, 9.17) is 10.1 Å². The van der Waals surface area contributed by atoms with Gasteiger partial charge in [-0.25, -0.2) is 23.1 Å². The summed E-state index contributed by atoms with van der Waals surface area (Å²) in [5.74, 6) is 0.708. The molecule has 3 N–H and O–H groups in total. The number of piperidine rings is 1. The molecule has 1 saturated heterocycles. The Morgan fingerprint density at radius 1 is 1.09 bits per heavy atom. The summed E-state index contributed by atoms with van der Waals surface area (Å²) in [5, 5.41) is 13.6. The quantitative estimate of drug-likeness (QED) is 0.479. The third-order valence-corrected chi connectivity index (χ3v) is 6.95. The van der Waals surface area contributed by atoms with Gasteiger partial charge in [0.2, 0.25) is 15.9 Å². The van der Waals surface area contributed by atoms with Gasteiger partial charge in [-0.2, -0.15) is 5.10 Å². The van der Waals surface area contributed by atoms with Gasteiger partial charge in [0.15, 0.2) is 5.65 Å². The number of rotatable bonds is 4. The van der Waals surface area contributed by atoms with Gasteiger partial charge in [0.25, 0.3) is 0 Å². The van der Waals surface area contributed by atoms with Gasteiger partial charge in [-0.1, -0.05) is 12.1 Å². The Hall–Kier alpha value is -3.50. The first-order chi connectivity index (χ1) is 15.8. The fourth-order valence-corrected chi connectivity index (χ4v) is 4.84. The van der Waals surface area contributed by atoms with Crippen molar-refractivity contribution in [2.75, 3.05) is 23.3 Å². The van der Waals surface area contributed by atoms with Crippen LogP contribution in [0.15, 0.2) is 59.5 Å². The SMILES string of the molecule is Cc1cc2nc(N3CCC(C(=O)Nc4ccc(S(N)(=O)=O)cc4)CC3)c3ccccc3n2n1. The van der Waals surface area contributed by atoms with Crippen LogP contribution in [0.3, 0.4) is 0 Å². The molecule has 3 heterocycles. The van der Waals surface area contributed by atoms with Gasteiger partial charge in [0.1, 0.15) is 5.82 Å². The van der Waals surface area contributed by atoms with Gasteiger partial charge in [-0.05, 0) is 56.2 Å². The second kappa shape index (κ2) is 8.13. The summed E-state index contributed by atoms with van der Waals surface area (Å²) >= 11 is 0. The standard InChI is InChI=1S/C23H24N6O3S/c1-15-14-21-26-22(19-4-2-3-5-20(19)29(21)27-15)28-12-10-16(11-13-28)23(30)25-17-6-8-18(9-7-17)33(24,31)32/h2-9,14,16H,10-13H2,1H3,(H,25,30)(H2,24,31,32). The van der Waals surface area contributed by atoms with Gasteiger partial charge in [0.05, 0.1) is 16.1 Å². The lowest BCUT2D eigenvalue weighted by molar-refractivity contribution is -0.120. The van der Waals surface area contributed by atoms with Crippen LogP contribution in [0.5, 0.6) is 0 Å². The van der Waals surface area contributed by atoms with Crippen LogP contribution >= 0.6 is 0 Å². The van der Waals surface area contributed by atoms with Crippen LogP contribution < -0.4 is 15.4 Å². The lowest BCUT2D eigenvalue weighted by Crippen LogP contribution is -2.38. The number of amides is 1. The monoisotopic (exact) mass is 464 g/mol. The fourth-order valence-electron chi connectivity index (χ4n) is 4.33. The van der Waals surface area contributed by atoms with Gasteiger partial charge in [-0.3, -0.25) is 4.79 Å². The van der Waals surface area contributed by atoms with E-state index in [-0.39, 0.29) is 16.7 Å². The molecule has 1 fully saturated rings. The van der Waals surface area contributed by atoms with Crippen molar-refractivity contribution in [3.63, 3.8) is 0 Å². The molecule has 4 aromatic rings. The number of nitrogens with one attached hydrogen (secondary N) is 1. The van der Waals surface area contributed by atoms with E-state index in [0.717, 1.165) is 28.1 Å². The van der Waals surface area contributed by atoms with E-state index in [2.05, 4.69) is 21.4 Å². The second-order valence-electron chi connectivity index (χ2n) is 8.33. The van der Waals surface area contributed by atoms with Crippen LogP contribution in [0, 0.1) is 12.8 Å². The predicted molar refractivity (Wildman–Crippen MR) is 127 cm³/mol. The molecule has 0 bridgehead atoms. The number of aryl methyl sites for hydroxylation is 1. The highest BCUT2D eigenvalue weighted by atomic mass is 32.2. The van der Waals surface area contributed by atoms with E-state index in [1.165, 1.54) is 12.1 Å². The summed E-state index contributed by atoms with van der Waals surface area (Å²) in [5.41, 5.74) is 3.28. The fraction of sp³-hybridized carbons (Fsp3) is 0.261. The van der Waals surface area contributed by atoms with Crippen molar-refractivity contribution in [3.8, 4) is 0 Å². The topological polar surface area (TPSA) is 123 Å². The number of nitrogens with two attached hydrogens (primary N) is 1. The average molecular weight is 465 g/mol. The number of carbonyl (C=O) groups excluding carboxylic acids is 1. The zero-order valence-electron chi connectivity index (χ0n) is 18.1. The maximum absolute atomic E-state index is 12.8. The number of aromatic nitrogens is 3. The molecule has 0 aliphatic carbocycles. The van der Waals surface area contributed by atoms with Crippen LogP contribution in [0.1, 0.15) is 18.5 Å². The molecule has 0 radical (unpaired) electrons. The molecule has 0 spiro atoms. The largest absolute Gasteiger partial charge is 0.356 e. The van der Waals surface area contributed by atoms with Crippen molar-refractivity contribution in [1.82, 2.24) is 14.6 Å². The molecule has 9 nitrogen and oxygen atoms in total. The Balaban J connectivity index is 1.31. The molecule has 33 heavy (non-hydrogen) atoms. The number of hydrogen-bond acceptors (Lipinski definition) is 6. The molecule has 5 rings (SSSR count). The van der Waals surface area contributed by atoms with Gasteiger partial charge >= 0.3 is 0 Å². The van der Waals surface area contributed by atoms with Crippen molar-refractivity contribution in [3.05, 3.63) is 60.3 Å². The number of hydrogen-bond donors (Lipinski definition) is 2. The molecule has 1 aliphatic heterocycles. The van der Waals surface area contributed by atoms with E-state index in [0.29, 0.717) is 31.6 Å². The number of sulfonamides is 1. The number of para-hydroxylation sites is 1. The number of nitrogens with zero attached hydrogens (tertiary/aromatic N) is 4. The summed E-state index contributed by atoms with van der Waals surface area (Å²) in [6.07, 6.45) is 1.39. The van der Waals surface area contributed by atoms with Crippen LogP contribution in [0.2, 0.25) is 0 Å². The van der Waals surface area contributed by atoms with Crippen LogP contribution in [0.4, 0.5) is 11.5 Å². The van der Waals surface area contributed by atoms with Crippen molar-refractivity contribution in [1.29, 1.82) is 0 Å². The summed E-state index contributed by atoms with van der Waals surface area (Å²) < 4.78 is 24.7. The first-order valence-corrected chi connectivity index (χ1v) is 12.3. The minimum absolute atomic E-state index is 0.0129. The molecule has 10 heteroatoms. The van der Waals surface area contributed by atoms with Gasteiger partial charge in [0, 0.05) is 36.1 Å². The molecule has 1 amide bonds. The lowest BCUT2D eigenvalue weighted by atomic mass is 9.95. The molecular formula is C23H24N6O3S. The normalized spacial score (nSPS) is 15.3. The number of benzene rings is 2. The summed E-state index contributed by atoms with van der Waals surface area (Å²) in [6.45, 7) is 3.38. The van der Waals surface area contributed by atoms with Crippen LogP contribution in [-0.2, 0) is 14.8 Å². The van der Waals surface area contributed by atoms with E-state index >= 15 is 0 Å². The van der Waals surface area contributed by atoms with Crippen LogP contribution in [-0.4, -0.2) is 42.0 Å². The van der Waals surface area contributed by atoms with Gasteiger partial charge in [-0.15, -0.1) is 0 Å². The van der Waals surface area contributed by atoms with Crippen molar-refractivity contribution >= 4 is 44.0 Å². The minimum Gasteiger partial charge on any atom is -0.356 e. The highest BCUT2D eigenvalue weighted by Gasteiger charge is 2.27. The molecule has 0 saturated carbocycles. The van der Waals surface area contributed by atoms with E-state index in [1.807, 2.05) is 35.7 Å². The summed E-state index contributed by atoms with van der Waals surface area (Å²) in [4.78, 5) is 19.9. The number of anilines is 2. The maximum atomic E-state index is 12.8. The van der Waals surface area contributed by atoms with Crippen molar-refractivity contribution < 1.29 is 13.2 Å². The van der Waals surface area contributed by atoms with E-state index in [1.54, 1.807) is 12.1 Å². The first-order valence-electron chi connectivity index (χ1n) is 10.7. The summed E-state index contributed by atoms with van der Waals surface area (Å²) in [7, 11) is -3.76. The molecule has 0 unspecified atom stereocenters. The van der Waals surface area contributed by atoms with E-state index in [9.17, 15) is 13.2 Å². The highest BCUT2D eigenvalue weighted by molar-refractivity contribution is 7.89. The Bertz CT molecular complexity index is 1460. The average Bonchev–Trinajstić information content (AvgIpc) is 3.19. The Labute approximate surface area is 191 Å². The molecule has 0 atom stereocenters. The second-order valence-corrected chi connectivity index (χ2v) is 9.89. The van der Waals surface area contributed by atoms with Crippen LogP contribution in [0.25, 0.3) is 16.6 Å². The molecule has 1 aliphatic rings. The Kier molecular flexibility index (Phi) is 5.26.